The number of anilines is 3. The van der Waals surface area contributed by atoms with Crippen LogP contribution in [0.25, 0.3) is 0 Å². The topological polar surface area (TPSA) is 145 Å². The molecule has 3 amide bonds. The van der Waals surface area contributed by atoms with Crippen molar-refractivity contribution >= 4 is 39.0 Å². The van der Waals surface area contributed by atoms with Crippen molar-refractivity contribution in [2.45, 2.75) is 76.1 Å². The van der Waals surface area contributed by atoms with Crippen LogP contribution in [0.5, 0.6) is 5.75 Å². The number of carbonyl (C=O) groups is 2. The molecule has 0 aromatic heterocycles. The molecule has 1 saturated carbocycles. The van der Waals surface area contributed by atoms with Gasteiger partial charge in [-0.3, -0.25) is 9.69 Å². The normalized spacial score (nSPS) is 17.8. The summed E-state index contributed by atoms with van der Waals surface area (Å²) in [6, 6.07) is 11.4. The van der Waals surface area contributed by atoms with Gasteiger partial charge in [-0.1, -0.05) is 31.7 Å². The third-order valence-corrected chi connectivity index (χ3v) is 9.30. The Bertz CT molecular complexity index is 1270. The first-order valence-corrected chi connectivity index (χ1v) is 15.3. The predicted molar refractivity (Wildman–Crippen MR) is 153 cm³/mol. The smallest absolute Gasteiger partial charge is 0.322 e. The van der Waals surface area contributed by atoms with Crippen LogP contribution in [-0.4, -0.2) is 54.9 Å². The number of hydrogen-bond acceptors (Lipinski definition) is 6. The number of benzene rings is 2. The molecule has 39 heavy (non-hydrogen) atoms. The zero-order valence-electron chi connectivity index (χ0n) is 22.4. The van der Waals surface area contributed by atoms with Gasteiger partial charge in [-0.05, 0) is 67.6 Å². The minimum absolute atomic E-state index is 0.0749. The van der Waals surface area contributed by atoms with Gasteiger partial charge in [0, 0.05) is 49.2 Å². The summed E-state index contributed by atoms with van der Waals surface area (Å²) >= 11 is 0. The Labute approximate surface area is 230 Å². The van der Waals surface area contributed by atoms with Crippen molar-refractivity contribution < 1.29 is 23.1 Å². The first kappa shape index (κ1) is 28.7. The van der Waals surface area contributed by atoms with Crippen LogP contribution in [0.4, 0.5) is 21.9 Å². The summed E-state index contributed by atoms with van der Waals surface area (Å²) in [5.41, 5.74) is 8.09. The van der Waals surface area contributed by atoms with Crippen molar-refractivity contribution in [3.05, 3.63) is 48.0 Å². The molecule has 10 nitrogen and oxygen atoms in total. The molecule has 1 aliphatic heterocycles. The standard InChI is InChI=1S/C28H39N5O5S/c1-20(34)30-27-12-11-26(35)17-21(27)19-39(37,38)32-15-13-23(14-16-32)31-28(36)33(24-8-4-2-3-5-9-24)25-10-6-7-22(29)18-25/h6-7,10-12,17-18,23-24,35H,2-5,8-9,13-16,19,29H2,1H3,(H,30,34)(H,31,36). The second-order valence-corrected chi connectivity index (χ2v) is 12.5. The maximum Gasteiger partial charge on any atom is 0.322 e. The Balaban J connectivity index is 1.41. The Hall–Kier alpha value is -3.31. The minimum atomic E-state index is -3.71. The van der Waals surface area contributed by atoms with E-state index in [0.717, 1.165) is 31.4 Å². The Morgan fingerprint density at radius 2 is 1.72 bits per heavy atom. The van der Waals surface area contributed by atoms with Crippen LogP contribution in [0.3, 0.4) is 0 Å². The van der Waals surface area contributed by atoms with Crippen LogP contribution in [-0.2, 0) is 20.6 Å². The lowest BCUT2D eigenvalue weighted by Crippen LogP contribution is -2.53. The van der Waals surface area contributed by atoms with E-state index in [1.807, 2.05) is 23.1 Å². The number of aromatic hydroxyl groups is 1. The fraction of sp³-hybridized carbons (Fsp3) is 0.500. The maximum atomic E-state index is 13.6. The highest BCUT2D eigenvalue weighted by Crippen LogP contribution is 2.29. The summed E-state index contributed by atoms with van der Waals surface area (Å²) in [4.78, 5) is 27.0. The fourth-order valence-corrected chi connectivity index (χ4v) is 7.09. The summed E-state index contributed by atoms with van der Waals surface area (Å²) in [6.45, 7) is 1.88. The molecule has 4 rings (SSSR count). The monoisotopic (exact) mass is 557 g/mol. The van der Waals surface area contributed by atoms with E-state index < -0.39 is 10.0 Å². The first-order chi connectivity index (χ1) is 18.6. The molecule has 2 fully saturated rings. The number of phenolic OH excluding ortho intramolecular Hbond substituents is 1. The molecule has 0 bridgehead atoms. The molecule has 212 valence electrons. The number of nitrogens with two attached hydrogens (primary N) is 1. The molecule has 1 saturated heterocycles. The fourth-order valence-electron chi connectivity index (χ4n) is 5.51. The number of rotatable bonds is 7. The lowest BCUT2D eigenvalue weighted by Gasteiger charge is -2.36. The number of nitrogen functional groups attached to an aromatic ring is 1. The van der Waals surface area contributed by atoms with Crippen LogP contribution in [0.2, 0.25) is 0 Å². The summed E-state index contributed by atoms with van der Waals surface area (Å²) in [7, 11) is -3.71. The molecule has 5 N–H and O–H groups in total. The lowest BCUT2D eigenvalue weighted by molar-refractivity contribution is -0.114. The molecule has 0 unspecified atom stereocenters. The Morgan fingerprint density at radius 3 is 2.36 bits per heavy atom. The van der Waals surface area contributed by atoms with Crippen molar-refractivity contribution in [3.63, 3.8) is 0 Å². The van der Waals surface area contributed by atoms with Crippen molar-refractivity contribution in [1.82, 2.24) is 9.62 Å². The van der Waals surface area contributed by atoms with Gasteiger partial charge >= 0.3 is 6.03 Å². The molecule has 1 heterocycles. The van der Waals surface area contributed by atoms with Gasteiger partial charge in [-0.25, -0.2) is 17.5 Å². The van der Waals surface area contributed by atoms with Crippen molar-refractivity contribution in [2.75, 3.05) is 29.0 Å². The Morgan fingerprint density at radius 1 is 1.03 bits per heavy atom. The molecule has 1 aliphatic carbocycles. The second kappa shape index (κ2) is 12.7. The van der Waals surface area contributed by atoms with E-state index in [2.05, 4.69) is 10.6 Å². The molecule has 0 spiro atoms. The zero-order chi connectivity index (χ0) is 28.0. The summed E-state index contributed by atoms with van der Waals surface area (Å²) in [6.07, 6.45) is 7.35. The number of nitrogens with zero attached hydrogens (tertiary/aromatic N) is 2. The highest BCUT2D eigenvalue weighted by atomic mass is 32.2. The summed E-state index contributed by atoms with van der Waals surface area (Å²) in [5, 5.41) is 15.7. The number of sulfonamides is 1. The van der Waals surface area contributed by atoms with Gasteiger partial charge in [0.1, 0.15) is 5.75 Å². The molecule has 2 aliphatic rings. The van der Waals surface area contributed by atoms with Crippen LogP contribution >= 0.6 is 0 Å². The van der Waals surface area contributed by atoms with Gasteiger partial charge in [-0.2, -0.15) is 0 Å². The van der Waals surface area contributed by atoms with E-state index >= 15 is 0 Å². The third kappa shape index (κ3) is 7.63. The summed E-state index contributed by atoms with van der Waals surface area (Å²) < 4.78 is 27.9. The van der Waals surface area contributed by atoms with Crippen molar-refractivity contribution in [2.24, 2.45) is 0 Å². The maximum absolute atomic E-state index is 13.6. The van der Waals surface area contributed by atoms with Crippen LogP contribution in [0.1, 0.15) is 63.9 Å². The molecule has 0 atom stereocenters. The number of phenols is 1. The van der Waals surface area contributed by atoms with Crippen LogP contribution in [0.15, 0.2) is 42.5 Å². The van der Waals surface area contributed by atoms with Crippen LogP contribution in [0, 0.1) is 0 Å². The van der Waals surface area contributed by atoms with Crippen molar-refractivity contribution in [3.8, 4) is 5.75 Å². The van der Waals surface area contributed by atoms with Gasteiger partial charge in [0.15, 0.2) is 0 Å². The molecule has 11 heteroatoms. The highest BCUT2D eigenvalue weighted by Gasteiger charge is 2.32. The van der Waals surface area contributed by atoms with E-state index in [0.29, 0.717) is 29.8 Å². The molecular formula is C28H39N5O5S. The minimum Gasteiger partial charge on any atom is -0.508 e. The van der Waals surface area contributed by atoms with Gasteiger partial charge < -0.3 is 21.5 Å². The average Bonchev–Trinajstić information content (AvgIpc) is 3.15. The first-order valence-electron chi connectivity index (χ1n) is 13.6. The van der Waals surface area contributed by atoms with Crippen LogP contribution < -0.4 is 21.3 Å². The van der Waals surface area contributed by atoms with Gasteiger partial charge in [-0.15, -0.1) is 0 Å². The van der Waals surface area contributed by atoms with E-state index in [4.69, 9.17) is 5.73 Å². The van der Waals surface area contributed by atoms with E-state index in [9.17, 15) is 23.1 Å². The predicted octanol–water partition coefficient (Wildman–Crippen LogP) is 4.17. The summed E-state index contributed by atoms with van der Waals surface area (Å²) in [5.74, 6) is -0.750. The van der Waals surface area contributed by atoms with Gasteiger partial charge in [0.2, 0.25) is 15.9 Å². The average molecular weight is 558 g/mol. The third-order valence-electron chi connectivity index (χ3n) is 7.47. The van der Waals surface area contributed by atoms with E-state index in [1.54, 1.807) is 6.07 Å². The Kier molecular flexibility index (Phi) is 9.34. The molecular weight excluding hydrogens is 518 g/mol. The zero-order valence-corrected chi connectivity index (χ0v) is 23.3. The molecule has 0 radical (unpaired) electrons. The second-order valence-electron chi connectivity index (χ2n) is 10.5. The molecule has 2 aromatic rings. The van der Waals surface area contributed by atoms with E-state index in [-0.39, 0.29) is 48.6 Å². The lowest BCUT2D eigenvalue weighted by atomic mass is 10.0. The highest BCUT2D eigenvalue weighted by molar-refractivity contribution is 7.88. The van der Waals surface area contributed by atoms with Crippen molar-refractivity contribution in [1.29, 1.82) is 0 Å². The number of nitrogens with one attached hydrogen (secondary N) is 2. The van der Waals surface area contributed by atoms with Gasteiger partial charge in [0.25, 0.3) is 0 Å². The molecule has 2 aromatic carbocycles. The largest absolute Gasteiger partial charge is 0.508 e. The number of hydrogen-bond donors (Lipinski definition) is 4. The number of carbonyl (C=O) groups excluding carboxylic acids is 2. The SMILES string of the molecule is CC(=O)Nc1ccc(O)cc1CS(=O)(=O)N1CCC(NC(=O)N(c2cccc(N)c2)C2CCCCCC2)CC1. The number of amides is 3. The van der Waals surface area contributed by atoms with E-state index in [1.165, 1.54) is 42.3 Å². The number of piperidine rings is 1. The number of urea groups is 1. The quantitative estimate of drug-likeness (QED) is 0.228. The van der Waals surface area contributed by atoms with Gasteiger partial charge in [0.05, 0.1) is 5.75 Å².